The first-order valence-corrected chi connectivity index (χ1v) is 7.10. The second-order valence-corrected chi connectivity index (χ2v) is 5.48. The predicted octanol–water partition coefficient (Wildman–Crippen LogP) is 4.02. The van der Waals surface area contributed by atoms with Gasteiger partial charge in [-0.25, -0.2) is 0 Å². The van der Waals surface area contributed by atoms with Crippen LogP contribution in [0.2, 0.25) is 5.02 Å². The summed E-state index contributed by atoms with van der Waals surface area (Å²) in [5.41, 5.74) is 10.7. The molecule has 0 fully saturated rings. The van der Waals surface area contributed by atoms with Crippen LogP contribution in [0.1, 0.15) is 28.3 Å². The van der Waals surface area contributed by atoms with Crippen LogP contribution in [0.15, 0.2) is 30.3 Å². The van der Waals surface area contributed by atoms with Gasteiger partial charge in [0, 0.05) is 0 Å². The van der Waals surface area contributed by atoms with Gasteiger partial charge in [0.15, 0.2) is 11.5 Å². The third kappa shape index (κ3) is 3.14. The van der Waals surface area contributed by atoms with Gasteiger partial charge in [-0.1, -0.05) is 35.4 Å². The standard InChI is InChI=1S/C17H20ClNO2/c1-10-5-6-11(2)13(7-10)16(19)12-8-14(18)17(21-4)15(9-12)20-3/h5-9,16H,19H2,1-4H3. The minimum Gasteiger partial charge on any atom is -0.493 e. The molecule has 0 spiro atoms. The maximum absolute atomic E-state index is 6.42. The fourth-order valence-electron chi connectivity index (χ4n) is 2.39. The normalized spacial score (nSPS) is 12.1. The molecule has 1 atom stereocenters. The monoisotopic (exact) mass is 305 g/mol. The van der Waals surface area contributed by atoms with Crippen molar-refractivity contribution in [2.45, 2.75) is 19.9 Å². The van der Waals surface area contributed by atoms with E-state index in [2.05, 4.69) is 32.0 Å². The van der Waals surface area contributed by atoms with Gasteiger partial charge in [-0.05, 0) is 42.7 Å². The van der Waals surface area contributed by atoms with Crippen molar-refractivity contribution < 1.29 is 9.47 Å². The zero-order valence-electron chi connectivity index (χ0n) is 12.7. The van der Waals surface area contributed by atoms with E-state index in [0.29, 0.717) is 16.5 Å². The molecule has 21 heavy (non-hydrogen) atoms. The SMILES string of the molecule is COc1cc(C(N)c2cc(C)ccc2C)cc(Cl)c1OC. The summed E-state index contributed by atoms with van der Waals surface area (Å²) in [5.74, 6) is 1.11. The molecule has 0 amide bonds. The fraction of sp³-hybridized carbons (Fsp3) is 0.294. The Kier molecular flexibility index (Phi) is 4.76. The minimum atomic E-state index is -0.262. The summed E-state index contributed by atoms with van der Waals surface area (Å²) in [7, 11) is 3.15. The lowest BCUT2D eigenvalue weighted by Crippen LogP contribution is -2.14. The van der Waals surface area contributed by atoms with Crippen LogP contribution >= 0.6 is 11.6 Å². The van der Waals surface area contributed by atoms with Crippen LogP contribution in [-0.2, 0) is 0 Å². The zero-order chi connectivity index (χ0) is 15.6. The highest BCUT2D eigenvalue weighted by Crippen LogP contribution is 2.38. The zero-order valence-corrected chi connectivity index (χ0v) is 13.5. The number of ether oxygens (including phenoxy) is 2. The van der Waals surface area contributed by atoms with E-state index < -0.39 is 0 Å². The maximum atomic E-state index is 6.42. The number of hydrogen-bond donors (Lipinski definition) is 1. The fourth-order valence-corrected chi connectivity index (χ4v) is 2.69. The largest absolute Gasteiger partial charge is 0.493 e. The third-order valence-corrected chi connectivity index (χ3v) is 3.87. The first-order chi connectivity index (χ1) is 9.97. The molecule has 0 aliphatic carbocycles. The molecule has 112 valence electrons. The van der Waals surface area contributed by atoms with E-state index in [4.69, 9.17) is 26.8 Å². The molecule has 2 aromatic rings. The molecule has 3 nitrogen and oxygen atoms in total. The average Bonchev–Trinajstić information content (AvgIpc) is 2.48. The van der Waals surface area contributed by atoms with E-state index >= 15 is 0 Å². The van der Waals surface area contributed by atoms with E-state index in [-0.39, 0.29) is 6.04 Å². The predicted molar refractivity (Wildman–Crippen MR) is 86.5 cm³/mol. The van der Waals surface area contributed by atoms with Crippen LogP contribution in [0.25, 0.3) is 0 Å². The van der Waals surface area contributed by atoms with Gasteiger partial charge >= 0.3 is 0 Å². The van der Waals surface area contributed by atoms with Crippen molar-refractivity contribution in [1.29, 1.82) is 0 Å². The molecule has 0 aromatic heterocycles. The summed E-state index contributed by atoms with van der Waals surface area (Å²) < 4.78 is 10.6. The Morgan fingerprint density at radius 2 is 1.76 bits per heavy atom. The first kappa shape index (κ1) is 15.7. The molecule has 2 N–H and O–H groups in total. The Hall–Kier alpha value is -1.71. The molecule has 0 aliphatic heterocycles. The molecule has 2 rings (SSSR count). The van der Waals surface area contributed by atoms with E-state index in [1.807, 2.05) is 12.1 Å². The van der Waals surface area contributed by atoms with E-state index in [1.165, 1.54) is 5.56 Å². The molecule has 0 aliphatic rings. The molecule has 0 saturated heterocycles. The minimum absolute atomic E-state index is 0.262. The topological polar surface area (TPSA) is 44.5 Å². The van der Waals surface area contributed by atoms with E-state index in [0.717, 1.165) is 16.7 Å². The van der Waals surface area contributed by atoms with Gasteiger partial charge in [-0.3, -0.25) is 0 Å². The average molecular weight is 306 g/mol. The lowest BCUT2D eigenvalue weighted by molar-refractivity contribution is 0.354. The van der Waals surface area contributed by atoms with Crippen LogP contribution in [0.3, 0.4) is 0 Å². The van der Waals surface area contributed by atoms with Gasteiger partial charge in [-0.2, -0.15) is 0 Å². The van der Waals surface area contributed by atoms with Gasteiger partial charge < -0.3 is 15.2 Å². The number of hydrogen-bond acceptors (Lipinski definition) is 3. The number of aryl methyl sites for hydroxylation is 2. The number of rotatable bonds is 4. The molecular formula is C17H20ClNO2. The van der Waals surface area contributed by atoms with Crippen molar-refractivity contribution >= 4 is 11.6 Å². The van der Waals surface area contributed by atoms with E-state index in [1.54, 1.807) is 14.2 Å². The lowest BCUT2D eigenvalue weighted by Gasteiger charge is -2.18. The Morgan fingerprint density at radius 1 is 1.05 bits per heavy atom. The second-order valence-electron chi connectivity index (χ2n) is 5.08. The van der Waals surface area contributed by atoms with Gasteiger partial charge in [0.1, 0.15) is 0 Å². The summed E-state index contributed by atoms with van der Waals surface area (Å²) >= 11 is 6.26. The van der Waals surface area contributed by atoms with Gasteiger partial charge in [-0.15, -0.1) is 0 Å². The second kappa shape index (κ2) is 6.37. The van der Waals surface area contributed by atoms with Crippen LogP contribution in [0.4, 0.5) is 0 Å². The van der Waals surface area contributed by atoms with Gasteiger partial charge in [0.2, 0.25) is 0 Å². The molecule has 0 saturated carbocycles. The van der Waals surface area contributed by atoms with Crippen LogP contribution in [0.5, 0.6) is 11.5 Å². The summed E-state index contributed by atoms with van der Waals surface area (Å²) in [6, 6.07) is 9.69. The Balaban J connectivity index is 2.50. The maximum Gasteiger partial charge on any atom is 0.179 e. The van der Waals surface area contributed by atoms with Crippen LogP contribution < -0.4 is 15.2 Å². The lowest BCUT2D eigenvalue weighted by atomic mass is 9.94. The number of halogens is 1. The summed E-state index contributed by atoms with van der Waals surface area (Å²) in [6.07, 6.45) is 0. The molecule has 0 heterocycles. The number of benzene rings is 2. The van der Waals surface area contributed by atoms with Crippen molar-refractivity contribution in [1.82, 2.24) is 0 Å². The quantitative estimate of drug-likeness (QED) is 0.928. The van der Waals surface area contributed by atoms with Crippen molar-refractivity contribution in [3.05, 3.63) is 57.6 Å². The molecular weight excluding hydrogens is 286 g/mol. The molecule has 0 radical (unpaired) electrons. The highest BCUT2D eigenvalue weighted by atomic mass is 35.5. The smallest absolute Gasteiger partial charge is 0.179 e. The van der Waals surface area contributed by atoms with Gasteiger partial charge in [0.25, 0.3) is 0 Å². The van der Waals surface area contributed by atoms with Crippen molar-refractivity contribution in [2.75, 3.05) is 14.2 Å². The molecule has 0 bridgehead atoms. The van der Waals surface area contributed by atoms with Crippen LogP contribution in [0, 0.1) is 13.8 Å². The van der Waals surface area contributed by atoms with Crippen LogP contribution in [-0.4, -0.2) is 14.2 Å². The molecule has 1 unspecified atom stereocenters. The highest BCUT2D eigenvalue weighted by molar-refractivity contribution is 6.32. The molecule has 4 heteroatoms. The summed E-state index contributed by atoms with van der Waals surface area (Å²) in [6.45, 7) is 4.11. The van der Waals surface area contributed by atoms with E-state index in [9.17, 15) is 0 Å². The first-order valence-electron chi connectivity index (χ1n) is 6.72. The Labute approximate surface area is 130 Å². The summed E-state index contributed by atoms with van der Waals surface area (Å²) in [4.78, 5) is 0. The Morgan fingerprint density at radius 3 is 2.38 bits per heavy atom. The number of methoxy groups -OCH3 is 2. The van der Waals surface area contributed by atoms with Gasteiger partial charge in [0.05, 0.1) is 25.3 Å². The van der Waals surface area contributed by atoms with Crippen molar-refractivity contribution in [3.8, 4) is 11.5 Å². The van der Waals surface area contributed by atoms with Crippen molar-refractivity contribution in [3.63, 3.8) is 0 Å². The molecule has 2 aromatic carbocycles. The number of nitrogens with two attached hydrogens (primary N) is 1. The summed E-state index contributed by atoms with van der Waals surface area (Å²) in [5, 5.41) is 0.493. The third-order valence-electron chi connectivity index (χ3n) is 3.58. The highest BCUT2D eigenvalue weighted by Gasteiger charge is 2.17. The Bertz CT molecular complexity index is 655. The van der Waals surface area contributed by atoms with Crippen molar-refractivity contribution in [2.24, 2.45) is 5.73 Å².